The maximum Gasteiger partial charge on any atom is 0.155 e. The molecule has 1 unspecified atom stereocenters. The van der Waals surface area contributed by atoms with E-state index in [9.17, 15) is 9.18 Å². The van der Waals surface area contributed by atoms with E-state index < -0.39 is 6.17 Å². The number of alkyl halides is 1. The smallest absolute Gasteiger partial charge is 0.155 e. The third kappa shape index (κ3) is 5.47. The first-order valence-electron chi connectivity index (χ1n) is 3.26. The van der Waals surface area contributed by atoms with Crippen LogP contribution in [0.3, 0.4) is 0 Å². The summed E-state index contributed by atoms with van der Waals surface area (Å²) >= 11 is 0. The van der Waals surface area contributed by atoms with E-state index in [4.69, 9.17) is 0 Å². The van der Waals surface area contributed by atoms with Crippen LogP contribution in [0.2, 0.25) is 0 Å². The highest BCUT2D eigenvalue weighted by atomic mass is 19.1. The Morgan fingerprint density at radius 1 is 1.44 bits per heavy atom. The van der Waals surface area contributed by atoms with Crippen LogP contribution in [-0.2, 0) is 4.79 Å². The summed E-state index contributed by atoms with van der Waals surface area (Å²) in [5, 5.41) is 0. The molecule has 0 aromatic carbocycles. The Morgan fingerprint density at radius 2 is 2.00 bits per heavy atom. The minimum absolute atomic E-state index is 0.363. The molecule has 0 aliphatic rings. The SMILES string of the molecule is CC(C)CCC(F)C=O. The molecule has 0 aliphatic heterocycles. The normalized spacial score (nSPS) is 13.8. The Morgan fingerprint density at radius 3 is 2.33 bits per heavy atom. The van der Waals surface area contributed by atoms with Gasteiger partial charge in [-0.2, -0.15) is 0 Å². The zero-order valence-electron chi connectivity index (χ0n) is 5.93. The second-order valence-corrected chi connectivity index (χ2v) is 2.62. The van der Waals surface area contributed by atoms with E-state index in [1.165, 1.54) is 0 Å². The molecule has 1 atom stereocenters. The fourth-order valence-corrected chi connectivity index (χ4v) is 0.561. The van der Waals surface area contributed by atoms with Crippen molar-refractivity contribution >= 4 is 6.29 Å². The average Bonchev–Trinajstić information content (AvgIpc) is 1.83. The lowest BCUT2D eigenvalue weighted by molar-refractivity contribution is -0.112. The summed E-state index contributed by atoms with van der Waals surface area (Å²) in [7, 11) is 0. The summed E-state index contributed by atoms with van der Waals surface area (Å²) in [4.78, 5) is 9.74. The van der Waals surface area contributed by atoms with Crippen LogP contribution in [-0.4, -0.2) is 12.5 Å². The Balaban J connectivity index is 3.16. The van der Waals surface area contributed by atoms with Crippen LogP contribution in [0.1, 0.15) is 26.7 Å². The molecule has 0 spiro atoms. The first kappa shape index (κ1) is 8.60. The maximum absolute atomic E-state index is 12.1. The fraction of sp³-hybridized carbons (Fsp3) is 0.857. The van der Waals surface area contributed by atoms with Crippen molar-refractivity contribution in [2.24, 2.45) is 5.92 Å². The van der Waals surface area contributed by atoms with Gasteiger partial charge < -0.3 is 4.79 Å². The van der Waals surface area contributed by atoms with Crippen molar-refractivity contribution in [1.29, 1.82) is 0 Å². The third-order valence-electron chi connectivity index (χ3n) is 1.17. The van der Waals surface area contributed by atoms with Crippen molar-refractivity contribution in [3.05, 3.63) is 0 Å². The molecule has 2 heteroatoms. The van der Waals surface area contributed by atoms with Gasteiger partial charge in [-0.25, -0.2) is 4.39 Å². The Labute approximate surface area is 55.3 Å². The van der Waals surface area contributed by atoms with E-state index in [0.717, 1.165) is 6.42 Å². The van der Waals surface area contributed by atoms with Gasteiger partial charge in [-0.3, -0.25) is 0 Å². The average molecular weight is 132 g/mol. The minimum Gasteiger partial charge on any atom is -0.300 e. The van der Waals surface area contributed by atoms with Gasteiger partial charge in [-0.05, 0) is 18.8 Å². The van der Waals surface area contributed by atoms with E-state index in [1.807, 2.05) is 13.8 Å². The van der Waals surface area contributed by atoms with Crippen molar-refractivity contribution in [3.8, 4) is 0 Å². The van der Waals surface area contributed by atoms with Crippen LogP contribution in [0.4, 0.5) is 4.39 Å². The summed E-state index contributed by atoms with van der Waals surface area (Å²) < 4.78 is 12.1. The summed E-state index contributed by atoms with van der Waals surface area (Å²) in [5.41, 5.74) is 0. The predicted octanol–water partition coefficient (Wildman–Crippen LogP) is 1.96. The molecule has 0 rings (SSSR count). The van der Waals surface area contributed by atoms with Crippen LogP contribution >= 0.6 is 0 Å². The Bertz CT molecular complexity index is 81.0. The lowest BCUT2D eigenvalue weighted by Crippen LogP contribution is -2.02. The van der Waals surface area contributed by atoms with Crippen molar-refractivity contribution < 1.29 is 9.18 Å². The Kier molecular flexibility index (Phi) is 4.28. The number of hydrogen-bond donors (Lipinski definition) is 0. The first-order chi connectivity index (χ1) is 4.16. The number of carbonyl (C=O) groups is 1. The lowest BCUT2D eigenvalue weighted by Gasteiger charge is -2.02. The molecule has 54 valence electrons. The number of hydrogen-bond acceptors (Lipinski definition) is 1. The van der Waals surface area contributed by atoms with Gasteiger partial charge in [0.05, 0.1) is 0 Å². The molecule has 0 aromatic heterocycles. The van der Waals surface area contributed by atoms with E-state index in [-0.39, 0.29) is 0 Å². The monoisotopic (exact) mass is 132 g/mol. The van der Waals surface area contributed by atoms with Crippen molar-refractivity contribution in [2.75, 3.05) is 0 Å². The molecule has 1 nitrogen and oxygen atoms in total. The summed E-state index contributed by atoms with van der Waals surface area (Å²) in [5.74, 6) is 0.489. The zero-order valence-corrected chi connectivity index (χ0v) is 5.93. The fourth-order valence-electron chi connectivity index (χ4n) is 0.561. The van der Waals surface area contributed by atoms with E-state index in [1.54, 1.807) is 0 Å². The molecular formula is C7H13FO. The molecule has 0 aliphatic carbocycles. The quantitative estimate of drug-likeness (QED) is 0.534. The van der Waals surface area contributed by atoms with Crippen molar-refractivity contribution in [3.63, 3.8) is 0 Å². The Hall–Kier alpha value is -0.400. The summed E-state index contributed by atoms with van der Waals surface area (Å²) in [6, 6.07) is 0. The molecule has 0 saturated heterocycles. The molecule has 0 amide bonds. The lowest BCUT2D eigenvalue weighted by atomic mass is 10.1. The van der Waals surface area contributed by atoms with Gasteiger partial charge in [0.2, 0.25) is 0 Å². The molecular weight excluding hydrogens is 119 g/mol. The maximum atomic E-state index is 12.1. The first-order valence-corrected chi connectivity index (χ1v) is 3.26. The molecule has 0 N–H and O–H groups in total. The van der Waals surface area contributed by atoms with E-state index in [2.05, 4.69) is 0 Å². The van der Waals surface area contributed by atoms with Crippen LogP contribution < -0.4 is 0 Å². The molecule has 0 heterocycles. The summed E-state index contributed by atoms with van der Waals surface area (Å²) in [6.45, 7) is 4.02. The van der Waals surface area contributed by atoms with Gasteiger partial charge in [0.1, 0.15) is 0 Å². The zero-order chi connectivity index (χ0) is 7.28. The van der Waals surface area contributed by atoms with E-state index >= 15 is 0 Å². The molecule has 0 aromatic rings. The molecule has 0 radical (unpaired) electrons. The third-order valence-corrected chi connectivity index (χ3v) is 1.17. The molecule has 0 bridgehead atoms. The second kappa shape index (κ2) is 4.48. The number of rotatable bonds is 4. The highest BCUT2D eigenvalue weighted by Gasteiger charge is 2.03. The van der Waals surface area contributed by atoms with Gasteiger partial charge >= 0.3 is 0 Å². The van der Waals surface area contributed by atoms with Gasteiger partial charge in [0.25, 0.3) is 0 Å². The minimum atomic E-state index is -1.24. The predicted molar refractivity (Wildman–Crippen MR) is 35.0 cm³/mol. The number of aldehydes is 1. The second-order valence-electron chi connectivity index (χ2n) is 2.62. The highest BCUT2D eigenvalue weighted by molar-refractivity contribution is 5.55. The molecule has 0 fully saturated rings. The van der Waals surface area contributed by atoms with Crippen LogP contribution in [0.25, 0.3) is 0 Å². The molecule has 0 saturated carbocycles. The van der Waals surface area contributed by atoms with Crippen molar-refractivity contribution in [2.45, 2.75) is 32.9 Å². The van der Waals surface area contributed by atoms with Crippen molar-refractivity contribution in [1.82, 2.24) is 0 Å². The molecule has 9 heavy (non-hydrogen) atoms. The van der Waals surface area contributed by atoms with Crippen LogP contribution in [0.15, 0.2) is 0 Å². The van der Waals surface area contributed by atoms with Gasteiger partial charge in [0, 0.05) is 0 Å². The van der Waals surface area contributed by atoms with Crippen LogP contribution in [0.5, 0.6) is 0 Å². The summed E-state index contributed by atoms with van der Waals surface area (Å²) in [6.07, 6.45) is 0.288. The number of carbonyl (C=O) groups excluding carboxylic acids is 1. The number of halogens is 1. The van der Waals surface area contributed by atoms with Gasteiger partial charge in [-0.15, -0.1) is 0 Å². The van der Waals surface area contributed by atoms with Crippen LogP contribution in [0, 0.1) is 5.92 Å². The largest absolute Gasteiger partial charge is 0.300 e. The topological polar surface area (TPSA) is 17.1 Å². The standard InChI is InChI=1S/C7H13FO/c1-6(2)3-4-7(8)5-9/h5-7H,3-4H2,1-2H3. The van der Waals surface area contributed by atoms with Gasteiger partial charge in [-0.1, -0.05) is 13.8 Å². The van der Waals surface area contributed by atoms with Gasteiger partial charge in [0.15, 0.2) is 12.5 Å². The highest BCUT2D eigenvalue weighted by Crippen LogP contribution is 2.07. The van der Waals surface area contributed by atoms with E-state index in [0.29, 0.717) is 18.6 Å².